The maximum absolute atomic E-state index is 12.2. The van der Waals surface area contributed by atoms with Gasteiger partial charge in [-0.15, -0.1) is 0 Å². The topological polar surface area (TPSA) is 71.5 Å². The summed E-state index contributed by atoms with van der Waals surface area (Å²) in [5, 5.41) is 13.3. The summed E-state index contributed by atoms with van der Waals surface area (Å²) in [6.45, 7) is 0.473. The largest absolute Gasteiger partial charge is 0.489 e. The third-order valence-corrected chi connectivity index (χ3v) is 4.57. The molecule has 0 bridgehead atoms. The summed E-state index contributed by atoms with van der Waals surface area (Å²) in [5.74, 6) is 0.593. The number of amides is 1. The Morgan fingerprint density at radius 2 is 1.76 bits per heavy atom. The van der Waals surface area contributed by atoms with Crippen LogP contribution < -0.4 is 10.1 Å². The van der Waals surface area contributed by atoms with E-state index in [1.165, 1.54) is 0 Å². The quantitative estimate of drug-likeness (QED) is 0.841. The van der Waals surface area contributed by atoms with Crippen molar-refractivity contribution in [2.75, 3.05) is 5.32 Å². The molecule has 1 aromatic heterocycles. The van der Waals surface area contributed by atoms with Gasteiger partial charge in [-0.3, -0.25) is 9.78 Å². The van der Waals surface area contributed by atoms with E-state index in [2.05, 4.69) is 10.3 Å². The monoisotopic (exact) mass is 340 g/mol. The SMILES string of the molecule is O=C(CC1(O)CCCCC1)Nc1ccc(OCc2ccncc2)cc1. The number of aliphatic hydroxyl groups is 1. The van der Waals surface area contributed by atoms with Gasteiger partial charge >= 0.3 is 0 Å². The standard InChI is InChI=1S/C20H24N2O3/c23-19(14-20(24)10-2-1-3-11-20)22-17-4-6-18(7-5-17)25-15-16-8-12-21-13-9-16/h4-9,12-13,24H,1-3,10-11,14-15H2,(H,22,23). The number of hydrogen-bond donors (Lipinski definition) is 2. The van der Waals surface area contributed by atoms with Gasteiger partial charge in [0.1, 0.15) is 12.4 Å². The first-order valence-corrected chi connectivity index (χ1v) is 8.77. The third kappa shape index (κ3) is 5.29. The van der Waals surface area contributed by atoms with E-state index in [0.717, 1.165) is 30.6 Å². The number of nitrogens with zero attached hydrogens (tertiary/aromatic N) is 1. The summed E-state index contributed by atoms with van der Waals surface area (Å²) in [5.41, 5.74) is 0.921. The third-order valence-electron chi connectivity index (χ3n) is 4.57. The van der Waals surface area contributed by atoms with E-state index in [1.807, 2.05) is 36.4 Å². The molecule has 1 aliphatic carbocycles. The number of carbonyl (C=O) groups excluding carboxylic acids is 1. The molecular formula is C20H24N2O3. The lowest BCUT2D eigenvalue weighted by atomic mass is 9.82. The number of hydrogen-bond acceptors (Lipinski definition) is 4. The summed E-state index contributed by atoms with van der Waals surface area (Å²) >= 11 is 0. The van der Waals surface area contributed by atoms with Crippen molar-refractivity contribution in [3.63, 3.8) is 0 Å². The number of rotatable bonds is 6. The van der Waals surface area contributed by atoms with Crippen LogP contribution in [0.2, 0.25) is 0 Å². The van der Waals surface area contributed by atoms with Crippen molar-refractivity contribution in [1.82, 2.24) is 4.98 Å². The van der Waals surface area contributed by atoms with Crippen molar-refractivity contribution in [2.45, 2.75) is 50.7 Å². The smallest absolute Gasteiger partial charge is 0.227 e. The minimum atomic E-state index is -0.837. The van der Waals surface area contributed by atoms with Gasteiger partial charge in [-0.05, 0) is 54.8 Å². The van der Waals surface area contributed by atoms with Gasteiger partial charge in [-0.2, -0.15) is 0 Å². The van der Waals surface area contributed by atoms with Crippen molar-refractivity contribution in [3.8, 4) is 5.75 Å². The molecule has 25 heavy (non-hydrogen) atoms. The molecule has 0 atom stereocenters. The molecule has 5 nitrogen and oxygen atoms in total. The molecule has 0 spiro atoms. The van der Waals surface area contributed by atoms with E-state index in [4.69, 9.17) is 4.74 Å². The van der Waals surface area contributed by atoms with Crippen molar-refractivity contribution in [2.24, 2.45) is 0 Å². The Labute approximate surface area is 148 Å². The van der Waals surface area contributed by atoms with Gasteiger partial charge in [-0.25, -0.2) is 0 Å². The molecular weight excluding hydrogens is 316 g/mol. The zero-order chi connectivity index (χ0) is 17.5. The van der Waals surface area contributed by atoms with Gasteiger partial charge in [0.15, 0.2) is 0 Å². The summed E-state index contributed by atoms with van der Waals surface area (Å²) in [7, 11) is 0. The Hall–Kier alpha value is -2.40. The predicted molar refractivity (Wildman–Crippen MR) is 96.3 cm³/mol. The average molecular weight is 340 g/mol. The van der Waals surface area contributed by atoms with Gasteiger partial charge in [0, 0.05) is 18.1 Å². The van der Waals surface area contributed by atoms with E-state index in [0.29, 0.717) is 25.1 Å². The summed E-state index contributed by atoms with van der Waals surface area (Å²) in [6, 6.07) is 11.1. The summed E-state index contributed by atoms with van der Waals surface area (Å²) < 4.78 is 5.71. The van der Waals surface area contributed by atoms with E-state index >= 15 is 0 Å². The van der Waals surface area contributed by atoms with Gasteiger partial charge in [0.2, 0.25) is 5.91 Å². The molecule has 1 aromatic carbocycles. The minimum Gasteiger partial charge on any atom is -0.489 e. The molecule has 132 valence electrons. The number of pyridine rings is 1. The Morgan fingerprint density at radius 1 is 1.08 bits per heavy atom. The minimum absolute atomic E-state index is 0.144. The van der Waals surface area contributed by atoms with Crippen LogP contribution in [0.5, 0.6) is 5.75 Å². The van der Waals surface area contributed by atoms with Crippen LogP contribution in [0.15, 0.2) is 48.8 Å². The summed E-state index contributed by atoms with van der Waals surface area (Å²) in [4.78, 5) is 16.1. The average Bonchev–Trinajstić information content (AvgIpc) is 2.62. The van der Waals surface area contributed by atoms with Gasteiger partial charge < -0.3 is 15.2 Å². The Kier molecular flexibility index (Phi) is 5.66. The molecule has 0 radical (unpaired) electrons. The zero-order valence-electron chi connectivity index (χ0n) is 14.3. The molecule has 1 fully saturated rings. The van der Waals surface area contributed by atoms with Crippen LogP contribution in [-0.2, 0) is 11.4 Å². The normalized spacial score (nSPS) is 16.2. The lowest BCUT2D eigenvalue weighted by Crippen LogP contribution is -2.35. The Morgan fingerprint density at radius 3 is 2.44 bits per heavy atom. The maximum Gasteiger partial charge on any atom is 0.227 e. The molecule has 1 heterocycles. The van der Waals surface area contributed by atoms with Gasteiger partial charge in [0.05, 0.1) is 12.0 Å². The Bertz CT molecular complexity index is 680. The van der Waals surface area contributed by atoms with Crippen LogP contribution in [0.3, 0.4) is 0 Å². The highest BCUT2D eigenvalue weighted by Crippen LogP contribution is 2.31. The van der Waals surface area contributed by atoms with E-state index in [1.54, 1.807) is 12.4 Å². The highest BCUT2D eigenvalue weighted by Gasteiger charge is 2.31. The molecule has 0 aliphatic heterocycles. The van der Waals surface area contributed by atoms with Crippen molar-refractivity contribution in [3.05, 3.63) is 54.4 Å². The van der Waals surface area contributed by atoms with Crippen LogP contribution in [-0.4, -0.2) is 21.6 Å². The maximum atomic E-state index is 12.2. The molecule has 5 heteroatoms. The van der Waals surface area contributed by atoms with Crippen molar-refractivity contribution >= 4 is 11.6 Å². The van der Waals surface area contributed by atoms with Crippen LogP contribution in [0.1, 0.15) is 44.1 Å². The van der Waals surface area contributed by atoms with Crippen LogP contribution in [0.25, 0.3) is 0 Å². The van der Waals surface area contributed by atoms with E-state index in [-0.39, 0.29) is 12.3 Å². The van der Waals surface area contributed by atoms with Gasteiger partial charge in [-0.1, -0.05) is 19.3 Å². The van der Waals surface area contributed by atoms with Gasteiger partial charge in [0.25, 0.3) is 0 Å². The van der Waals surface area contributed by atoms with Crippen LogP contribution in [0.4, 0.5) is 5.69 Å². The van der Waals surface area contributed by atoms with Crippen LogP contribution in [0, 0.1) is 0 Å². The first-order valence-electron chi connectivity index (χ1n) is 8.77. The highest BCUT2D eigenvalue weighted by atomic mass is 16.5. The van der Waals surface area contributed by atoms with E-state index in [9.17, 15) is 9.90 Å². The fraction of sp³-hybridized carbons (Fsp3) is 0.400. The van der Waals surface area contributed by atoms with E-state index < -0.39 is 5.60 Å². The molecule has 2 N–H and O–H groups in total. The lowest BCUT2D eigenvalue weighted by Gasteiger charge is -2.31. The number of ether oxygens (including phenoxy) is 1. The Balaban J connectivity index is 1.49. The molecule has 0 saturated heterocycles. The molecule has 1 amide bonds. The fourth-order valence-corrected chi connectivity index (χ4v) is 3.17. The second-order valence-corrected chi connectivity index (χ2v) is 6.68. The second kappa shape index (κ2) is 8.12. The van der Waals surface area contributed by atoms with Crippen LogP contribution >= 0.6 is 0 Å². The number of nitrogens with one attached hydrogen (secondary N) is 1. The first kappa shape index (κ1) is 17.4. The zero-order valence-corrected chi connectivity index (χ0v) is 14.3. The van der Waals surface area contributed by atoms with Crippen molar-refractivity contribution in [1.29, 1.82) is 0 Å². The second-order valence-electron chi connectivity index (χ2n) is 6.68. The number of anilines is 1. The molecule has 3 rings (SSSR count). The number of carbonyl (C=O) groups is 1. The summed E-state index contributed by atoms with van der Waals surface area (Å²) in [6.07, 6.45) is 8.18. The molecule has 1 aliphatic rings. The van der Waals surface area contributed by atoms with Crippen molar-refractivity contribution < 1.29 is 14.6 Å². The molecule has 0 unspecified atom stereocenters. The predicted octanol–water partition coefficient (Wildman–Crippen LogP) is 3.68. The highest BCUT2D eigenvalue weighted by molar-refractivity contribution is 5.91. The molecule has 2 aromatic rings. The molecule has 1 saturated carbocycles. The lowest BCUT2D eigenvalue weighted by molar-refractivity contribution is -0.122. The number of aromatic nitrogens is 1. The number of benzene rings is 1. The fourth-order valence-electron chi connectivity index (χ4n) is 3.17. The first-order chi connectivity index (χ1) is 12.1.